The fourth-order valence-corrected chi connectivity index (χ4v) is 3.43. The number of fused-ring (bicyclic) bond motifs is 3. The Balaban J connectivity index is 0.000000963. The highest BCUT2D eigenvalue weighted by atomic mass is 35.5. The zero-order valence-electron chi connectivity index (χ0n) is 8.74. The van der Waals surface area contributed by atoms with Gasteiger partial charge in [-0.05, 0) is 30.2 Å². The fraction of sp³-hybridized carbons (Fsp3) is 0.250. The van der Waals surface area contributed by atoms with Gasteiger partial charge in [0.1, 0.15) is 0 Å². The molecule has 1 unspecified atom stereocenters. The number of halogens is 2. The van der Waals surface area contributed by atoms with Crippen molar-refractivity contribution in [2.45, 2.75) is 23.5 Å². The summed E-state index contributed by atoms with van der Waals surface area (Å²) in [6.07, 6.45) is 3.12. The van der Waals surface area contributed by atoms with Crippen molar-refractivity contribution in [3.63, 3.8) is 0 Å². The molecule has 4 heteroatoms. The Morgan fingerprint density at radius 2 is 2.25 bits per heavy atom. The van der Waals surface area contributed by atoms with Crippen LogP contribution >= 0.6 is 35.8 Å². The van der Waals surface area contributed by atoms with Gasteiger partial charge in [0.05, 0.1) is 5.52 Å². The molecule has 0 amide bonds. The first kappa shape index (κ1) is 12.0. The van der Waals surface area contributed by atoms with Gasteiger partial charge in [-0.1, -0.05) is 18.5 Å². The summed E-state index contributed by atoms with van der Waals surface area (Å²) in [5, 5.41) is 2.65. The number of aromatic nitrogens is 1. The summed E-state index contributed by atoms with van der Waals surface area (Å²) >= 11 is 7.95. The van der Waals surface area contributed by atoms with Crippen molar-refractivity contribution in [3.05, 3.63) is 35.0 Å². The first-order valence-electron chi connectivity index (χ1n) is 4.98. The van der Waals surface area contributed by atoms with Crippen LogP contribution in [0.5, 0.6) is 0 Å². The summed E-state index contributed by atoms with van der Waals surface area (Å²) in [5.41, 5.74) is 2.40. The van der Waals surface area contributed by atoms with Crippen LogP contribution in [-0.2, 0) is 6.42 Å². The Hall–Kier alpha value is -0.440. The maximum absolute atomic E-state index is 6.02. The lowest BCUT2D eigenvalue weighted by Gasteiger charge is -2.03. The van der Waals surface area contributed by atoms with E-state index in [0.717, 1.165) is 17.0 Å². The number of hydrogen-bond acceptors (Lipinski definition) is 2. The molecule has 1 nitrogen and oxygen atoms in total. The number of hydrogen-bond donors (Lipinski definition) is 0. The van der Waals surface area contributed by atoms with E-state index in [-0.39, 0.29) is 12.4 Å². The standard InChI is InChI=1S/C12H10ClNS.ClH/c1-7-4-8-6-14-11-3-2-9(13)5-10(11)12(8)15-7;/h2-3,5-7H,4H2,1H3;1H. The van der Waals surface area contributed by atoms with E-state index < -0.39 is 0 Å². The zero-order chi connectivity index (χ0) is 10.4. The van der Waals surface area contributed by atoms with Gasteiger partial charge in [-0.2, -0.15) is 0 Å². The Kier molecular flexibility index (Phi) is 3.34. The first-order valence-corrected chi connectivity index (χ1v) is 6.23. The maximum atomic E-state index is 6.02. The van der Waals surface area contributed by atoms with Crippen molar-refractivity contribution in [2.24, 2.45) is 0 Å². The third kappa shape index (κ3) is 1.90. The number of rotatable bonds is 0. The largest absolute Gasteiger partial charge is 0.256 e. The third-order valence-corrected chi connectivity index (χ3v) is 4.20. The lowest BCUT2D eigenvalue weighted by atomic mass is 10.1. The quantitative estimate of drug-likeness (QED) is 0.707. The number of thioether (sulfide) groups is 1. The van der Waals surface area contributed by atoms with Gasteiger partial charge >= 0.3 is 0 Å². The van der Waals surface area contributed by atoms with E-state index in [1.165, 1.54) is 15.8 Å². The van der Waals surface area contributed by atoms with E-state index in [1.807, 2.05) is 36.2 Å². The van der Waals surface area contributed by atoms with Crippen molar-refractivity contribution in [1.82, 2.24) is 4.98 Å². The molecule has 0 spiro atoms. The van der Waals surface area contributed by atoms with Gasteiger partial charge in [0.2, 0.25) is 0 Å². The molecule has 1 aromatic heterocycles. The van der Waals surface area contributed by atoms with Crippen LogP contribution in [0, 0.1) is 0 Å². The average molecular weight is 272 g/mol. The second-order valence-electron chi connectivity index (χ2n) is 3.91. The minimum atomic E-state index is 0. The highest BCUT2D eigenvalue weighted by Gasteiger charge is 2.21. The lowest BCUT2D eigenvalue weighted by molar-refractivity contribution is 0.954. The van der Waals surface area contributed by atoms with E-state index in [4.69, 9.17) is 11.6 Å². The predicted octanol–water partition coefficient (Wildman–Crippen LogP) is 4.35. The summed E-state index contributed by atoms with van der Waals surface area (Å²) < 4.78 is 0. The van der Waals surface area contributed by atoms with E-state index >= 15 is 0 Å². The molecule has 84 valence electrons. The summed E-state index contributed by atoms with van der Waals surface area (Å²) in [7, 11) is 0. The van der Waals surface area contributed by atoms with Gasteiger partial charge in [-0.15, -0.1) is 24.2 Å². The summed E-state index contributed by atoms with van der Waals surface area (Å²) in [6, 6.07) is 5.90. The molecule has 3 rings (SSSR count). The second-order valence-corrected chi connectivity index (χ2v) is 5.79. The molecule has 0 radical (unpaired) electrons. The zero-order valence-corrected chi connectivity index (χ0v) is 11.1. The number of pyridine rings is 1. The monoisotopic (exact) mass is 271 g/mol. The molecule has 0 saturated carbocycles. The molecular weight excluding hydrogens is 261 g/mol. The highest BCUT2D eigenvalue weighted by molar-refractivity contribution is 8.00. The molecule has 0 fully saturated rings. The molecule has 1 atom stereocenters. The van der Waals surface area contributed by atoms with Gasteiger partial charge in [0, 0.05) is 26.8 Å². The van der Waals surface area contributed by atoms with Gasteiger partial charge in [-0.25, -0.2) is 0 Å². The smallest absolute Gasteiger partial charge is 0.0714 e. The van der Waals surface area contributed by atoms with Crippen LogP contribution in [0.15, 0.2) is 29.3 Å². The van der Waals surface area contributed by atoms with Crippen molar-refractivity contribution >= 4 is 46.7 Å². The van der Waals surface area contributed by atoms with Crippen molar-refractivity contribution in [1.29, 1.82) is 0 Å². The molecule has 1 aliphatic heterocycles. The molecule has 16 heavy (non-hydrogen) atoms. The second kappa shape index (κ2) is 4.44. The first-order chi connectivity index (χ1) is 7.24. The van der Waals surface area contributed by atoms with Crippen LogP contribution < -0.4 is 0 Å². The minimum absolute atomic E-state index is 0. The normalized spacial score (nSPS) is 18.2. The Morgan fingerprint density at radius 1 is 1.44 bits per heavy atom. The van der Waals surface area contributed by atoms with Crippen molar-refractivity contribution in [2.75, 3.05) is 0 Å². The molecular formula is C12H11Cl2NS. The van der Waals surface area contributed by atoms with Gasteiger partial charge in [-0.3, -0.25) is 4.98 Å². The molecule has 0 saturated heterocycles. The fourth-order valence-electron chi connectivity index (χ4n) is 2.02. The van der Waals surface area contributed by atoms with E-state index in [0.29, 0.717) is 5.25 Å². The average Bonchev–Trinajstić information content (AvgIpc) is 2.58. The Labute approximate surface area is 110 Å². The van der Waals surface area contributed by atoms with Crippen molar-refractivity contribution < 1.29 is 0 Å². The van der Waals surface area contributed by atoms with Gasteiger partial charge in [0.15, 0.2) is 0 Å². The van der Waals surface area contributed by atoms with Crippen LogP contribution in [-0.4, -0.2) is 10.2 Å². The van der Waals surface area contributed by atoms with Gasteiger partial charge in [0.25, 0.3) is 0 Å². The molecule has 1 aromatic carbocycles. The SMILES string of the molecule is CC1Cc2cnc3ccc(Cl)cc3c2S1.Cl. The van der Waals surface area contributed by atoms with E-state index in [9.17, 15) is 0 Å². The number of benzene rings is 1. The topological polar surface area (TPSA) is 12.9 Å². The summed E-state index contributed by atoms with van der Waals surface area (Å²) in [6.45, 7) is 2.25. The van der Waals surface area contributed by atoms with Crippen LogP contribution in [0.4, 0.5) is 0 Å². The highest BCUT2D eigenvalue weighted by Crippen LogP contribution is 2.41. The Morgan fingerprint density at radius 3 is 3.06 bits per heavy atom. The summed E-state index contributed by atoms with van der Waals surface area (Å²) in [4.78, 5) is 5.83. The van der Waals surface area contributed by atoms with Crippen LogP contribution in [0.2, 0.25) is 5.02 Å². The lowest BCUT2D eigenvalue weighted by Crippen LogP contribution is -1.91. The third-order valence-electron chi connectivity index (χ3n) is 2.68. The molecule has 0 bridgehead atoms. The van der Waals surface area contributed by atoms with Crippen LogP contribution in [0.25, 0.3) is 10.9 Å². The molecule has 2 heterocycles. The molecule has 1 aliphatic rings. The van der Waals surface area contributed by atoms with E-state index in [1.54, 1.807) is 0 Å². The van der Waals surface area contributed by atoms with Crippen LogP contribution in [0.1, 0.15) is 12.5 Å². The summed E-state index contributed by atoms with van der Waals surface area (Å²) in [5.74, 6) is 0. The predicted molar refractivity (Wildman–Crippen MR) is 73.0 cm³/mol. The van der Waals surface area contributed by atoms with E-state index in [2.05, 4.69) is 11.9 Å². The van der Waals surface area contributed by atoms with Crippen molar-refractivity contribution in [3.8, 4) is 0 Å². The number of nitrogens with zero attached hydrogens (tertiary/aromatic N) is 1. The molecule has 0 aliphatic carbocycles. The Bertz CT molecular complexity index is 542. The molecule has 0 N–H and O–H groups in total. The molecule has 2 aromatic rings. The minimum Gasteiger partial charge on any atom is -0.256 e. The van der Waals surface area contributed by atoms with Gasteiger partial charge < -0.3 is 0 Å². The van der Waals surface area contributed by atoms with Crippen LogP contribution in [0.3, 0.4) is 0 Å². The maximum Gasteiger partial charge on any atom is 0.0714 e.